The van der Waals surface area contributed by atoms with Crippen molar-refractivity contribution in [3.05, 3.63) is 28.7 Å². The maximum absolute atomic E-state index is 12.1. The Hall–Kier alpha value is -0.520. The molecule has 3 nitrogen and oxygen atoms in total. The maximum atomic E-state index is 12.1. The van der Waals surface area contributed by atoms with Crippen LogP contribution in [0.2, 0.25) is 0 Å². The van der Waals surface area contributed by atoms with Crippen LogP contribution in [-0.4, -0.2) is 30.4 Å². The molecule has 21 heavy (non-hydrogen) atoms. The fourth-order valence-electron chi connectivity index (χ4n) is 2.11. The van der Waals surface area contributed by atoms with Gasteiger partial charge >= 0.3 is 5.97 Å². The molecule has 0 spiro atoms. The lowest BCUT2D eigenvalue weighted by Crippen LogP contribution is -2.50. The van der Waals surface area contributed by atoms with Crippen LogP contribution in [0.5, 0.6) is 0 Å². The van der Waals surface area contributed by atoms with E-state index in [1.165, 1.54) is 4.90 Å². The summed E-state index contributed by atoms with van der Waals surface area (Å²) in [5, 5.41) is 3.26. The van der Waals surface area contributed by atoms with Gasteiger partial charge in [0, 0.05) is 9.37 Å². The quantitative estimate of drug-likeness (QED) is 0.398. The van der Waals surface area contributed by atoms with Crippen LogP contribution in [0.4, 0.5) is 0 Å². The van der Waals surface area contributed by atoms with Gasteiger partial charge in [-0.25, -0.2) is 0 Å². The molecule has 0 aliphatic heterocycles. The number of hydrogen-bond acceptors (Lipinski definition) is 4. The van der Waals surface area contributed by atoms with Crippen LogP contribution in [0.1, 0.15) is 33.6 Å². The highest BCUT2D eigenvalue weighted by Gasteiger charge is 2.32. The highest BCUT2D eigenvalue weighted by Crippen LogP contribution is 2.28. The van der Waals surface area contributed by atoms with Gasteiger partial charge in [-0.15, -0.1) is 11.8 Å². The predicted octanol–water partition coefficient (Wildman–Crippen LogP) is 4.25. The molecule has 1 aromatic rings. The van der Waals surface area contributed by atoms with Crippen molar-refractivity contribution >= 4 is 33.7 Å². The molecule has 1 aromatic carbocycles. The zero-order valence-electron chi connectivity index (χ0n) is 12.9. The molecule has 1 atom stereocenters. The number of ether oxygens (including phenoxy) is 1. The van der Waals surface area contributed by atoms with Gasteiger partial charge in [0.2, 0.25) is 0 Å². The number of halogens is 1. The summed E-state index contributed by atoms with van der Waals surface area (Å²) in [5.41, 5.74) is -0.584. The zero-order valence-corrected chi connectivity index (χ0v) is 15.4. The average molecular weight is 374 g/mol. The van der Waals surface area contributed by atoms with Gasteiger partial charge in [-0.1, -0.05) is 19.1 Å². The minimum Gasteiger partial charge on any atom is -0.465 e. The third-order valence-electron chi connectivity index (χ3n) is 3.21. The van der Waals surface area contributed by atoms with Crippen LogP contribution in [0.3, 0.4) is 0 Å². The number of rotatable bonds is 9. The Kier molecular flexibility index (Phi) is 8.37. The molecule has 0 aliphatic rings. The van der Waals surface area contributed by atoms with E-state index in [1.54, 1.807) is 11.8 Å². The number of carbonyl (C=O) groups is 1. The van der Waals surface area contributed by atoms with Crippen molar-refractivity contribution in [1.82, 2.24) is 5.32 Å². The highest BCUT2D eigenvalue weighted by molar-refractivity contribution is 9.10. The monoisotopic (exact) mass is 373 g/mol. The number of benzene rings is 1. The fourth-order valence-corrected chi connectivity index (χ4v) is 3.63. The number of hydrogen-bond donors (Lipinski definition) is 1. The van der Waals surface area contributed by atoms with E-state index in [9.17, 15) is 4.79 Å². The summed E-state index contributed by atoms with van der Waals surface area (Å²) >= 11 is 5.35. The van der Waals surface area contributed by atoms with Gasteiger partial charge < -0.3 is 10.1 Å². The Morgan fingerprint density at radius 3 is 2.71 bits per heavy atom. The standard InChI is InChI=1S/C16H24BrNO2S/c1-4-18-16(3,15(19)20-5-2)11-8-12-21-14-10-7-6-9-13(14)17/h6-7,9-10,18H,4-5,8,11-12H2,1-3H3. The largest absolute Gasteiger partial charge is 0.465 e. The van der Waals surface area contributed by atoms with Crippen molar-refractivity contribution in [2.24, 2.45) is 0 Å². The molecule has 0 amide bonds. The fraction of sp³-hybridized carbons (Fsp3) is 0.562. The SMILES string of the molecule is CCNC(C)(CCCSc1ccccc1Br)C(=O)OCC. The van der Waals surface area contributed by atoms with Crippen LogP contribution >= 0.6 is 27.7 Å². The van der Waals surface area contributed by atoms with E-state index in [0.29, 0.717) is 6.61 Å². The molecule has 0 aliphatic carbocycles. The Morgan fingerprint density at radius 1 is 1.38 bits per heavy atom. The Morgan fingerprint density at radius 2 is 2.10 bits per heavy atom. The summed E-state index contributed by atoms with van der Waals surface area (Å²) in [5.74, 6) is 0.820. The van der Waals surface area contributed by atoms with Gasteiger partial charge in [-0.05, 0) is 67.0 Å². The lowest BCUT2D eigenvalue weighted by Gasteiger charge is -2.28. The van der Waals surface area contributed by atoms with Crippen molar-refractivity contribution in [2.75, 3.05) is 18.9 Å². The summed E-state index contributed by atoms with van der Waals surface area (Å²) < 4.78 is 6.30. The smallest absolute Gasteiger partial charge is 0.326 e. The van der Waals surface area contributed by atoms with Gasteiger partial charge in [-0.2, -0.15) is 0 Å². The molecule has 118 valence electrons. The van der Waals surface area contributed by atoms with E-state index in [-0.39, 0.29) is 5.97 Å². The third kappa shape index (κ3) is 6.01. The molecular formula is C16H24BrNO2S. The average Bonchev–Trinajstić information content (AvgIpc) is 2.46. The van der Waals surface area contributed by atoms with Crippen LogP contribution in [-0.2, 0) is 9.53 Å². The second-order valence-electron chi connectivity index (χ2n) is 4.97. The summed E-state index contributed by atoms with van der Waals surface area (Å²) in [6, 6.07) is 8.19. The summed E-state index contributed by atoms with van der Waals surface area (Å²) in [6.07, 6.45) is 1.73. The first-order chi connectivity index (χ1) is 10.0. The molecule has 0 heterocycles. The van der Waals surface area contributed by atoms with E-state index >= 15 is 0 Å². The van der Waals surface area contributed by atoms with Crippen molar-refractivity contribution in [2.45, 2.75) is 44.0 Å². The Bertz CT molecular complexity index is 456. The molecular weight excluding hydrogens is 350 g/mol. The van der Waals surface area contributed by atoms with Gasteiger partial charge in [0.25, 0.3) is 0 Å². The number of esters is 1. The predicted molar refractivity (Wildman–Crippen MR) is 92.8 cm³/mol. The lowest BCUT2D eigenvalue weighted by molar-refractivity contribution is -0.150. The summed E-state index contributed by atoms with van der Waals surface area (Å²) in [6.45, 7) is 6.95. The maximum Gasteiger partial charge on any atom is 0.326 e. The second-order valence-corrected chi connectivity index (χ2v) is 6.96. The molecule has 5 heteroatoms. The molecule has 0 saturated carbocycles. The van der Waals surface area contributed by atoms with Gasteiger partial charge in [0.1, 0.15) is 5.54 Å². The van der Waals surface area contributed by atoms with E-state index < -0.39 is 5.54 Å². The van der Waals surface area contributed by atoms with Gasteiger partial charge in [0.05, 0.1) is 6.61 Å². The van der Waals surface area contributed by atoms with Crippen molar-refractivity contribution < 1.29 is 9.53 Å². The normalized spacial score (nSPS) is 13.7. The number of likely N-dealkylation sites (N-methyl/N-ethyl adjacent to an activating group) is 1. The van der Waals surface area contributed by atoms with Crippen LogP contribution in [0.25, 0.3) is 0 Å². The molecule has 0 saturated heterocycles. The first-order valence-corrected chi connectivity index (χ1v) is 9.11. The highest BCUT2D eigenvalue weighted by atomic mass is 79.9. The molecule has 1 unspecified atom stereocenters. The molecule has 0 aromatic heterocycles. The van der Waals surface area contributed by atoms with Gasteiger partial charge in [-0.3, -0.25) is 4.79 Å². The van der Waals surface area contributed by atoms with E-state index in [0.717, 1.165) is 29.6 Å². The summed E-state index contributed by atoms with van der Waals surface area (Å²) in [4.78, 5) is 13.3. The van der Waals surface area contributed by atoms with E-state index in [1.807, 2.05) is 39.0 Å². The van der Waals surface area contributed by atoms with Crippen molar-refractivity contribution in [3.8, 4) is 0 Å². The molecule has 1 rings (SSSR count). The minimum atomic E-state index is -0.584. The zero-order chi connectivity index (χ0) is 15.7. The lowest BCUT2D eigenvalue weighted by atomic mass is 9.96. The Labute approximate surface area is 140 Å². The van der Waals surface area contributed by atoms with Gasteiger partial charge in [0.15, 0.2) is 0 Å². The number of nitrogens with one attached hydrogen (secondary N) is 1. The van der Waals surface area contributed by atoms with E-state index in [4.69, 9.17) is 4.74 Å². The summed E-state index contributed by atoms with van der Waals surface area (Å²) in [7, 11) is 0. The first-order valence-electron chi connectivity index (χ1n) is 7.33. The number of thioether (sulfide) groups is 1. The topological polar surface area (TPSA) is 38.3 Å². The van der Waals surface area contributed by atoms with Crippen LogP contribution < -0.4 is 5.32 Å². The molecule has 0 bridgehead atoms. The van der Waals surface area contributed by atoms with Crippen molar-refractivity contribution in [3.63, 3.8) is 0 Å². The second kappa shape index (κ2) is 9.49. The van der Waals surface area contributed by atoms with E-state index in [2.05, 4.69) is 27.3 Å². The van der Waals surface area contributed by atoms with Crippen LogP contribution in [0, 0.1) is 0 Å². The molecule has 0 radical (unpaired) electrons. The first kappa shape index (κ1) is 18.5. The third-order valence-corrected chi connectivity index (χ3v) is 5.32. The molecule has 1 N–H and O–H groups in total. The minimum absolute atomic E-state index is 0.155. The van der Waals surface area contributed by atoms with Crippen LogP contribution in [0.15, 0.2) is 33.6 Å². The molecule has 0 fully saturated rings. The van der Waals surface area contributed by atoms with Crippen molar-refractivity contribution in [1.29, 1.82) is 0 Å². The Balaban J connectivity index is 2.47. The number of carbonyl (C=O) groups excluding carboxylic acids is 1.